The van der Waals surface area contributed by atoms with Gasteiger partial charge in [-0.2, -0.15) is 0 Å². The van der Waals surface area contributed by atoms with Gasteiger partial charge in [0.25, 0.3) is 0 Å². The van der Waals surface area contributed by atoms with Gasteiger partial charge in [0.1, 0.15) is 11.6 Å². The van der Waals surface area contributed by atoms with Crippen molar-refractivity contribution in [3.05, 3.63) is 63.1 Å². The molecule has 23 heavy (non-hydrogen) atoms. The minimum atomic E-state index is -0.324. The SMILES string of the molecule is CCN(C)C=Nc1cc(F)cc(Cc2ccc(F)cc2Br)c1C. The Labute approximate surface area is 144 Å². The van der Waals surface area contributed by atoms with E-state index in [9.17, 15) is 8.78 Å². The molecule has 0 spiro atoms. The molecular formula is C18H19BrF2N2. The summed E-state index contributed by atoms with van der Waals surface area (Å²) in [5, 5.41) is 0. The van der Waals surface area contributed by atoms with Gasteiger partial charge in [0, 0.05) is 18.1 Å². The number of nitrogens with zero attached hydrogens (tertiary/aromatic N) is 2. The van der Waals surface area contributed by atoms with Gasteiger partial charge in [0.05, 0.1) is 12.0 Å². The summed E-state index contributed by atoms with van der Waals surface area (Å²) in [4.78, 5) is 6.28. The highest BCUT2D eigenvalue weighted by molar-refractivity contribution is 9.10. The van der Waals surface area contributed by atoms with Gasteiger partial charge in [-0.3, -0.25) is 0 Å². The molecule has 0 radical (unpaired) electrons. The molecule has 0 saturated carbocycles. The van der Waals surface area contributed by atoms with Crippen molar-refractivity contribution in [1.29, 1.82) is 0 Å². The first-order valence-corrected chi connectivity index (χ1v) is 8.17. The third kappa shape index (κ3) is 4.61. The van der Waals surface area contributed by atoms with E-state index in [1.807, 2.05) is 25.8 Å². The van der Waals surface area contributed by atoms with Crippen LogP contribution in [0.15, 0.2) is 39.8 Å². The smallest absolute Gasteiger partial charge is 0.125 e. The summed E-state index contributed by atoms with van der Waals surface area (Å²) in [6.07, 6.45) is 2.20. The van der Waals surface area contributed by atoms with Gasteiger partial charge in [0.15, 0.2) is 0 Å². The Balaban J connectivity index is 2.35. The van der Waals surface area contributed by atoms with Crippen molar-refractivity contribution in [3.63, 3.8) is 0 Å². The van der Waals surface area contributed by atoms with Crippen molar-refractivity contribution in [3.8, 4) is 0 Å². The lowest BCUT2D eigenvalue weighted by molar-refractivity contribution is 0.552. The summed E-state index contributed by atoms with van der Waals surface area (Å²) in [6.45, 7) is 4.76. The van der Waals surface area contributed by atoms with Crippen molar-refractivity contribution >= 4 is 28.0 Å². The molecule has 2 aromatic carbocycles. The number of aliphatic imine (C=N–C) groups is 1. The zero-order chi connectivity index (χ0) is 17.0. The van der Waals surface area contributed by atoms with Crippen LogP contribution in [0, 0.1) is 18.6 Å². The first-order valence-electron chi connectivity index (χ1n) is 7.38. The maximum absolute atomic E-state index is 13.9. The Morgan fingerprint density at radius 3 is 2.52 bits per heavy atom. The van der Waals surface area contributed by atoms with Gasteiger partial charge in [0.2, 0.25) is 0 Å². The van der Waals surface area contributed by atoms with Crippen LogP contribution in [0.25, 0.3) is 0 Å². The molecule has 0 heterocycles. The molecule has 0 saturated heterocycles. The minimum absolute atomic E-state index is 0.301. The predicted molar refractivity (Wildman–Crippen MR) is 94.5 cm³/mol. The fourth-order valence-electron chi connectivity index (χ4n) is 2.15. The maximum atomic E-state index is 13.9. The number of hydrogen-bond donors (Lipinski definition) is 0. The minimum Gasteiger partial charge on any atom is -0.366 e. The van der Waals surface area contributed by atoms with E-state index < -0.39 is 0 Å². The van der Waals surface area contributed by atoms with Crippen LogP contribution >= 0.6 is 15.9 Å². The third-order valence-corrected chi connectivity index (χ3v) is 4.48. The quantitative estimate of drug-likeness (QED) is 0.511. The first kappa shape index (κ1) is 17.6. The second-order valence-electron chi connectivity index (χ2n) is 5.44. The van der Waals surface area contributed by atoms with Crippen LogP contribution in [0.2, 0.25) is 0 Å². The van der Waals surface area contributed by atoms with E-state index in [0.29, 0.717) is 16.6 Å². The zero-order valence-electron chi connectivity index (χ0n) is 13.4. The Morgan fingerprint density at radius 2 is 1.87 bits per heavy atom. The van der Waals surface area contributed by atoms with E-state index in [1.54, 1.807) is 12.4 Å². The molecule has 2 rings (SSSR count). The Morgan fingerprint density at radius 1 is 1.13 bits per heavy atom. The summed E-state index contributed by atoms with van der Waals surface area (Å²) in [7, 11) is 1.91. The van der Waals surface area contributed by atoms with Crippen molar-refractivity contribution in [1.82, 2.24) is 4.90 Å². The van der Waals surface area contributed by atoms with Crippen LogP contribution in [0.3, 0.4) is 0 Å². The third-order valence-electron chi connectivity index (χ3n) is 3.74. The van der Waals surface area contributed by atoms with E-state index in [0.717, 1.165) is 23.2 Å². The fraction of sp³-hybridized carbons (Fsp3) is 0.278. The number of benzene rings is 2. The lowest BCUT2D eigenvalue weighted by Gasteiger charge is -2.12. The molecule has 0 bridgehead atoms. The van der Waals surface area contributed by atoms with Crippen molar-refractivity contribution in [2.75, 3.05) is 13.6 Å². The number of halogens is 3. The molecule has 5 heteroatoms. The number of hydrogen-bond acceptors (Lipinski definition) is 1. The Bertz CT molecular complexity index is 729. The highest BCUT2D eigenvalue weighted by atomic mass is 79.9. The lowest BCUT2D eigenvalue weighted by Crippen LogP contribution is -2.14. The van der Waals surface area contributed by atoms with E-state index >= 15 is 0 Å². The van der Waals surface area contributed by atoms with Gasteiger partial charge in [-0.1, -0.05) is 22.0 Å². The summed E-state index contributed by atoms with van der Waals surface area (Å²) in [5.74, 6) is -0.625. The molecule has 2 nitrogen and oxygen atoms in total. The van der Waals surface area contributed by atoms with Gasteiger partial charge < -0.3 is 4.90 Å². The normalized spacial score (nSPS) is 11.2. The fourth-order valence-corrected chi connectivity index (χ4v) is 2.64. The van der Waals surface area contributed by atoms with Crippen LogP contribution in [-0.4, -0.2) is 24.8 Å². The summed E-state index contributed by atoms with van der Waals surface area (Å²) >= 11 is 3.36. The topological polar surface area (TPSA) is 15.6 Å². The van der Waals surface area contributed by atoms with Crippen LogP contribution in [0.5, 0.6) is 0 Å². The van der Waals surface area contributed by atoms with E-state index in [2.05, 4.69) is 20.9 Å². The van der Waals surface area contributed by atoms with Crippen molar-refractivity contribution < 1.29 is 8.78 Å². The van der Waals surface area contributed by atoms with Crippen LogP contribution < -0.4 is 0 Å². The Hall–Kier alpha value is -1.75. The highest BCUT2D eigenvalue weighted by Gasteiger charge is 2.10. The van der Waals surface area contributed by atoms with E-state index in [4.69, 9.17) is 0 Å². The van der Waals surface area contributed by atoms with E-state index in [-0.39, 0.29) is 11.6 Å². The average Bonchev–Trinajstić information content (AvgIpc) is 2.51. The van der Waals surface area contributed by atoms with Gasteiger partial charge in [-0.25, -0.2) is 13.8 Å². The van der Waals surface area contributed by atoms with Gasteiger partial charge in [-0.15, -0.1) is 0 Å². The molecule has 0 aliphatic heterocycles. The van der Waals surface area contributed by atoms with Crippen LogP contribution in [0.4, 0.5) is 14.5 Å². The number of rotatable bonds is 5. The summed E-state index contributed by atoms with van der Waals surface area (Å²) in [5.41, 5.74) is 3.27. The van der Waals surface area contributed by atoms with Gasteiger partial charge in [-0.05, 0) is 61.2 Å². The molecule has 0 atom stereocenters. The Kier molecular flexibility index (Phi) is 5.88. The molecule has 122 valence electrons. The van der Waals surface area contributed by atoms with Gasteiger partial charge >= 0.3 is 0 Å². The van der Waals surface area contributed by atoms with Crippen LogP contribution in [0.1, 0.15) is 23.6 Å². The largest absolute Gasteiger partial charge is 0.366 e. The second kappa shape index (κ2) is 7.68. The van der Waals surface area contributed by atoms with E-state index in [1.165, 1.54) is 24.3 Å². The molecule has 0 amide bonds. The molecule has 0 N–H and O–H groups in total. The molecule has 0 aromatic heterocycles. The molecule has 0 aliphatic rings. The summed E-state index contributed by atoms with van der Waals surface area (Å²) in [6, 6.07) is 7.47. The second-order valence-corrected chi connectivity index (χ2v) is 6.29. The van der Waals surface area contributed by atoms with Crippen LogP contribution in [-0.2, 0) is 6.42 Å². The van der Waals surface area contributed by atoms with Crippen molar-refractivity contribution in [2.24, 2.45) is 4.99 Å². The first-order chi connectivity index (χ1) is 10.9. The molecule has 0 unspecified atom stereocenters. The summed E-state index contributed by atoms with van der Waals surface area (Å²) < 4.78 is 27.8. The average molecular weight is 381 g/mol. The zero-order valence-corrected chi connectivity index (χ0v) is 15.0. The standard InChI is InChI=1S/C18H19BrF2N2/c1-4-23(3)11-22-18-10-16(21)8-14(12(18)2)7-13-5-6-15(20)9-17(13)19/h5-6,8-11H,4,7H2,1-3H3. The highest BCUT2D eigenvalue weighted by Crippen LogP contribution is 2.28. The molecule has 0 aliphatic carbocycles. The monoisotopic (exact) mass is 380 g/mol. The molecular weight excluding hydrogens is 362 g/mol. The molecule has 2 aromatic rings. The predicted octanol–water partition coefficient (Wildman–Crippen LogP) is 5.24. The molecule has 0 fully saturated rings. The van der Waals surface area contributed by atoms with Crippen molar-refractivity contribution in [2.45, 2.75) is 20.3 Å². The maximum Gasteiger partial charge on any atom is 0.125 e. The lowest BCUT2D eigenvalue weighted by atomic mass is 9.99.